The molecule has 2 N–H and O–H groups in total. The zero-order valence-electron chi connectivity index (χ0n) is 14.6. The Balaban J connectivity index is 1.59. The Morgan fingerprint density at radius 3 is 2.83 bits per heavy atom. The molecule has 2 aliphatic rings. The zero-order valence-corrected chi connectivity index (χ0v) is 14.6. The van der Waals surface area contributed by atoms with Crippen LogP contribution >= 0.6 is 0 Å². The molecule has 0 radical (unpaired) electrons. The monoisotopic (exact) mass is 334 g/mol. The molecule has 132 valence electrons. The third-order valence-corrected chi connectivity index (χ3v) is 4.97. The molecule has 2 fully saturated rings. The number of rotatable bonds is 5. The maximum Gasteiger partial charge on any atom is 0.191 e. The normalized spacial score (nSPS) is 27.5. The van der Waals surface area contributed by atoms with Gasteiger partial charge < -0.3 is 20.3 Å². The minimum absolute atomic E-state index is 0.0653. The number of guanidine groups is 1. The van der Waals surface area contributed by atoms with E-state index in [1.54, 1.807) is 19.2 Å². The van der Waals surface area contributed by atoms with Crippen LogP contribution in [0.2, 0.25) is 0 Å². The van der Waals surface area contributed by atoms with Crippen LogP contribution in [0.4, 0.5) is 4.39 Å². The van der Waals surface area contributed by atoms with Crippen LogP contribution in [-0.4, -0.2) is 56.8 Å². The summed E-state index contributed by atoms with van der Waals surface area (Å²) in [5.41, 5.74) is 0.950. The lowest BCUT2D eigenvalue weighted by molar-refractivity contribution is 0.0992. The van der Waals surface area contributed by atoms with Gasteiger partial charge in [0.1, 0.15) is 5.82 Å². The molecule has 4 unspecified atom stereocenters. The second kappa shape index (κ2) is 7.49. The summed E-state index contributed by atoms with van der Waals surface area (Å²) in [5, 5.41) is 6.85. The fourth-order valence-corrected chi connectivity index (χ4v) is 3.67. The number of hydrogen-bond acceptors (Lipinski definition) is 3. The van der Waals surface area contributed by atoms with Gasteiger partial charge in [-0.15, -0.1) is 0 Å². The van der Waals surface area contributed by atoms with E-state index in [2.05, 4.69) is 20.5 Å². The number of nitrogens with one attached hydrogen (secondary N) is 2. The van der Waals surface area contributed by atoms with Crippen LogP contribution in [0.3, 0.4) is 0 Å². The van der Waals surface area contributed by atoms with Crippen molar-refractivity contribution >= 4 is 5.96 Å². The molecule has 2 saturated heterocycles. The van der Waals surface area contributed by atoms with E-state index in [0.717, 1.165) is 24.4 Å². The van der Waals surface area contributed by atoms with E-state index in [0.29, 0.717) is 24.8 Å². The number of halogens is 1. The summed E-state index contributed by atoms with van der Waals surface area (Å²) in [7, 11) is 5.77. The number of benzene rings is 1. The first kappa shape index (κ1) is 17.2. The Labute approximate surface area is 143 Å². The predicted octanol–water partition coefficient (Wildman–Crippen LogP) is 1.91. The highest BCUT2D eigenvalue weighted by Crippen LogP contribution is 2.34. The summed E-state index contributed by atoms with van der Waals surface area (Å²) >= 11 is 0. The molecule has 5 nitrogen and oxygen atoms in total. The second-order valence-electron chi connectivity index (χ2n) is 6.85. The van der Waals surface area contributed by atoms with E-state index in [1.807, 2.05) is 20.2 Å². The van der Waals surface area contributed by atoms with Gasteiger partial charge in [-0.25, -0.2) is 4.39 Å². The summed E-state index contributed by atoms with van der Waals surface area (Å²) < 4.78 is 19.4. The van der Waals surface area contributed by atoms with Crippen molar-refractivity contribution in [2.24, 2.45) is 4.99 Å². The summed E-state index contributed by atoms with van der Waals surface area (Å²) in [6.45, 7) is 0.651. The van der Waals surface area contributed by atoms with Gasteiger partial charge in [-0.3, -0.25) is 4.99 Å². The molecule has 0 saturated carbocycles. The molecule has 0 spiro atoms. The van der Waals surface area contributed by atoms with E-state index < -0.39 is 0 Å². The maximum absolute atomic E-state index is 13.5. The fourth-order valence-electron chi connectivity index (χ4n) is 3.67. The lowest BCUT2D eigenvalue weighted by atomic mass is 9.96. The van der Waals surface area contributed by atoms with Gasteiger partial charge in [-0.1, -0.05) is 12.1 Å². The molecule has 0 aliphatic carbocycles. The molecule has 3 rings (SSSR count). The highest BCUT2D eigenvalue weighted by Gasteiger charge is 2.41. The molecule has 24 heavy (non-hydrogen) atoms. The van der Waals surface area contributed by atoms with Crippen molar-refractivity contribution in [1.29, 1.82) is 0 Å². The van der Waals surface area contributed by atoms with Crippen LogP contribution < -0.4 is 10.6 Å². The minimum atomic E-state index is -0.207. The van der Waals surface area contributed by atoms with Gasteiger partial charge in [0.15, 0.2) is 5.96 Å². The minimum Gasteiger partial charge on any atom is -0.373 e. The van der Waals surface area contributed by atoms with Gasteiger partial charge in [0, 0.05) is 13.6 Å². The summed E-state index contributed by atoms with van der Waals surface area (Å²) in [6, 6.07) is 7.17. The molecule has 4 atom stereocenters. The Morgan fingerprint density at radius 2 is 2.25 bits per heavy atom. The molecule has 2 aliphatic heterocycles. The van der Waals surface area contributed by atoms with E-state index in [4.69, 9.17) is 4.74 Å². The molecular formula is C18H27FN4O. The summed E-state index contributed by atoms with van der Waals surface area (Å²) in [6.07, 6.45) is 4.07. The van der Waals surface area contributed by atoms with E-state index in [1.165, 1.54) is 12.5 Å². The van der Waals surface area contributed by atoms with Gasteiger partial charge >= 0.3 is 0 Å². The maximum atomic E-state index is 13.5. The van der Waals surface area contributed by atoms with Crippen molar-refractivity contribution in [1.82, 2.24) is 15.5 Å². The van der Waals surface area contributed by atoms with Gasteiger partial charge in [0.05, 0.1) is 24.3 Å². The first-order valence-corrected chi connectivity index (χ1v) is 8.61. The van der Waals surface area contributed by atoms with Crippen LogP contribution in [0, 0.1) is 5.82 Å². The third kappa shape index (κ3) is 3.87. The van der Waals surface area contributed by atoms with Crippen LogP contribution in [0.25, 0.3) is 0 Å². The van der Waals surface area contributed by atoms with E-state index >= 15 is 0 Å². The van der Waals surface area contributed by atoms with Crippen molar-refractivity contribution in [3.63, 3.8) is 0 Å². The topological polar surface area (TPSA) is 48.9 Å². The molecule has 6 heteroatoms. The number of nitrogens with zero attached hydrogens (tertiary/aromatic N) is 2. The van der Waals surface area contributed by atoms with Crippen molar-refractivity contribution < 1.29 is 9.13 Å². The van der Waals surface area contributed by atoms with Crippen LogP contribution in [-0.2, 0) is 4.74 Å². The van der Waals surface area contributed by atoms with Gasteiger partial charge in [0.25, 0.3) is 0 Å². The Morgan fingerprint density at radius 1 is 1.42 bits per heavy atom. The van der Waals surface area contributed by atoms with Crippen molar-refractivity contribution in [3.05, 3.63) is 35.6 Å². The van der Waals surface area contributed by atoms with Crippen LogP contribution in [0.15, 0.2) is 29.3 Å². The molecular weight excluding hydrogens is 307 g/mol. The Kier molecular flexibility index (Phi) is 5.36. The average molecular weight is 334 g/mol. The molecule has 2 bridgehead atoms. The van der Waals surface area contributed by atoms with Gasteiger partial charge in [-0.05, 0) is 51.1 Å². The highest BCUT2D eigenvalue weighted by molar-refractivity contribution is 5.80. The van der Waals surface area contributed by atoms with Crippen molar-refractivity contribution in [2.45, 2.75) is 43.6 Å². The first-order valence-electron chi connectivity index (χ1n) is 8.61. The zero-order chi connectivity index (χ0) is 17.1. The van der Waals surface area contributed by atoms with E-state index in [9.17, 15) is 4.39 Å². The van der Waals surface area contributed by atoms with Crippen LogP contribution in [0.1, 0.15) is 30.9 Å². The van der Waals surface area contributed by atoms with E-state index in [-0.39, 0.29) is 11.9 Å². The molecule has 0 amide bonds. The van der Waals surface area contributed by atoms with Gasteiger partial charge in [0.2, 0.25) is 0 Å². The number of hydrogen-bond donors (Lipinski definition) is 2. The number of ether oxygens (including phenoxy) is 1. The number of fused-ring (bicyclic) bond motifs is 2. The molecule has 0 aromatic heterocycles. The third-order valence-electron chi connectivity index (χ3n) is 4.97. The lowest BCUT2D eigenvalue weighted by Crippen LogP contribution is -2.49. The van der Waals surface area contributed by atoms with Crippen LogP contribution in [0.5, 0.6) is 0 Å². The number of likely N-dealkylation sites (N-methyl/N-ethyl adjacent to an activating group) is 1. The lowest BCUT2D eigenvalue weighted by Gasteiger charge is -2.27. The van der Waals surface area contributed by atoms with Gasteiger partial charge in [-0.2, -0.15) is 0 Å². The smallest absolute Gasteiger partial charge is 0.191 e. The molecule has 1 aromatic carbocycles. The highest BCUT2D eigenvalue weighted by atomic mass is 19.1. The quantitative estimate of drug-likeness (QED) is 0.638. The Hall–Kier alpha value is -1.66. The molecule has 1 aromatic rings. The summed E-state index contributed by atoms with van der Waals surface area (Å²) in [4.78, 5) is 6.40. The standard InChI is InChI=1S/C18H27FN4O/c1-20-18(22-15-10-14-7-8-17(15)24-14)21-11-16(23(2)3)12-5-4-6-13(19)9-12/h4-6,9,14-17H,7-8,10-11H2,1-3H3,(H2,20,21,22). The SMILES string of the molecule is CN=C(NCC(c1cccc(F)c1)N(C)C)NC1CC2CCC1O2. The largest absolute Gasteiger partial charge is 0.373 e. The average Bonchev–Trinajstić information content (AvgIpc) is 3.16. The predicted molar refractivity (Wildman–Crippen MR) is 93.6 cm³/mol. The summed E-state index contributed by atoms with van der Waals surface area (Å²) in [5.74, 6) is 0.570. The Bertz CT molecular complexity index is 592. The fraction of sp³-hybridized carbons (Fsp3) is 0.611. The second-order valence-corrected chi connectivity index (χ2v) is 6.85. The van der Waals surface area contributed by atoms with Crippen molar-refractivity contribution in [2.75, 3.05) is 27.7 Å². The number of aliphatic imine (C=N–C) groups is 1. The van der Waals surface area contributed by atoms with Crippen molar-refractivity contribution in [3.8, 4) is 0 Å². The first-order chi connectivity index (χ1) is 11.6. The molecule has 2 heterocycles.